The molecule has 6 rings (SSSR count). The molecule has 4 aliphatic rings. The molecule has 8 heteroatoms. The highest BCUT2D eigenvalue weighted by Crippen LogP contribution is 2.68. The number of benzene rings is 1. The van der Waals surface area contributed by atoms with Crippen LogP contribution in [-0.4, -0.2) is 37.7 Å². The molecule has 39 heavy (non-hydrogen) atoms. The predicted molar refractivity (Wildman–Crippen MR) is 149 cm³/mol. The average molecular weight is 553 g/mol. The maximum Gasteiger partial charge on any atom is 0.309 e. The molecule has 7 atom stereocenters. The van der Waals surface area contributed by atoms with Crippen LogP contribution in [0.5, 0.6) is 0 Å². The van der Waals surface area contributed by atoms with Crippen LogP contribution in [0.25, 0.3) is 11.8 Å². The van der Waals surface area contributed by atoms with Crippen LogP contribution in [0.3, 0.4) is 0 Å². The smallest absolute Gasteiger partial charge is 0.309 e. The number of carbonyl (C=O) groups is 2. The number of ether oxygens (including phenoxy) is 1. The number of rotatable bonds is 4. The van der Waals surface area contributed by atoms with Crippen LogP contribution in [-0.2, 0) is 20.7 Å². The van der Waals surface area contributed by atoms with Crippen molar-refractivity contribution in [3.05, 3.63) is 53.1 Å². The molecule has 208 valence electrons. The molecule has 1 N–H and O–H groups in total. The summed E-state index contributed by atoms with van der Waals surface area (Å²) in [5.41, 5.74) is 2.01. The number of aliphatic hydroxyl groups excluding tert-OH is 1. The van der Waals surface area contributed by atoms with Crippen molar-refractivity contribution in [3.63, 3.8) is 0 Å². The molecule has 0 spiro atoms. The second-order valence-electron chi connectivity index (χ2n) is 13.0. The Balaban J connectivity index is 1.35. The minimum Gasteiger partial charge on any atom is -0.449 e. The lowest BCUT2D eigenvalue weighted by atomic mass is 9.45. The fourth-order valence-corrected chi connectivity index (χ4v) is 9.23. The van der Waals surface area contributed by atoms with Gasteiger partial charge in [-0.25, -0.2) is 9.07 Å². The number of hydrogen-bond acceptors (Lipinski definition) is 5. The van der Waals surface area contributed by atoms with Gasteiger partial charge in [0.05, 0.1) is 29.6 Å². The summed E-state index contributed by atoms with van der Waals surface area (Å²) in [6.45, 7) is 7.84. The van der Waals surface area contributed by atoms with Crippen molar-refractivity contribution in [2.45, 2.75) is 77.9 Å². The average Bonchev–Trinajstić information content (AvgIpc) is 3.40. The minimum atomic E-state index is -1.32. The highest BCUT2D eigenvalue weighted by Gasteiger charge is 2.70. The fraction of sp³-hybridized carbons (Fsp3) is 0.581. The van der Waals surface area contributed by atoms with E-state index in [9.17, 15) is 19.1 Å². The molecule has 1 aromatic heterocycles. The lowest BCUT2D eigenvalue weighted by Gasteiger charge is -2.60. The van der Waals surface area contributed by atoms with Crippen molar-refractivity contribution in [2.75, 3.05) is 0 Å². The number of carbonyl (C=O) groups excluding carboxylic acids is 2. The number of fused-ring (bicyclic) bond motifs is 6. The first-order valence-electron chi connectivity index (χ1n) is 14.1. The molecule has 0 saturated heterocycles. The zero-order valence-electron chi connectivity index (χ0n) is 23.0. The van der Waals surface area contributed by atoms with Gasteiger partial charge in [-0.15, -0.1) is 12.6 Å². The Morgan fingerprint density at radius 3 is 2.59 bits per heavy atom. The highest BCUT2D eigenvalue weighted by molar-refractivity contribution is 7.96. The first-order valence-corrected chi connectivity index (χ1v) is 14.5. The molecule has 1 aromatic carbocycles. The maximum absolute atomic E-state index is 13.5. The standard InChI is InChI=1S/C31H37FN2O4S/c1-17(2)27(36)38-31(28(37)39)12-11-23-22-10-5-19-13-24-18(16-33-34(24)21-8-6-20(32)7-9-21)14-29(19,3)26(22)25(35)15-30(23,31)4/h6-9,13,16-17,22-23,25-26,35H,5,10-12,14-15H2,1-4H3,(H,37,39)/t22-,23-,25-,26+,29-,30-,31-/m0/s1. The number of esters is 1. The molecule has 3 fully saturated rings. The highest BCUT2D eigenvalue weighted by atomic mass is 32.1. The van der Waals surface area contributed by atoms with Crippen molar-refractivity contribution < 1.29 is 23.8 Å². The van der Waals surface area contributed by atoms with Crippen LogP contribution in [0.4, 0.5) is 4.39 Å². The van der Waals surface area contributed by atoms with Gasteiger partial charge in [-0.2, -0.15) is 5.10 Å². The fourth-order valence-electron chi connectivity index (χ4n) is 8.81. The van der Waals surface area contributed by atoms with Crippen LogP contribution >= 0.6 is 12.6 Å². The number of aliphatic hydroxyl groups is 1. The van der Waals surface area contributed by atoms with Crippen molar-refractivity contribution in [1.29, 1.82) is 0 Å². The predicted octanol–water partition coefficient (Wildman–Crippen LogP) is 5.56. The monoisotopic (exact) mass is 552 g/mol. The molecule has 0 aliphatic heterocycles. The van der Waals surface area contributed by atoms with E-state index in [0.29, 0.717) is 12.8 Å². The van der Waals surface area contributed by atoms with Gasteiger partial charge in [0.1, 0.15) is 5.82 Å². The zero-order chi connectivity index (χ0) is 27.9. The quantitative estimate of drug-likeness (QED) is 0.384. The number of halogens is 1. The van der Waals surface area contributed by atoms with Gasteiger partial charge in [-0.3, -0.25) is 9.59 Å². The molecule has 0 unspecified atom stereocenters. The molecule has 0 amide bonds. The molecule has 4 aliphatic carbocycles. The van der Waals surface area contributed by atoms with Gasteiger partial charge in [-0.1, -0.05) is 33.3 Å². The van der Waals surface area contributed by atoms with E-state index >= 15 is 0 Å². The summed E-state index contributed by atoms with van der Waals surface area (Å²) in [5, 5.41) is 16.1. The lowest BCUT2D eigenvalue weighted by Crippen LogP contribution is -2.62. The molecule has 0 bridgehead atoms. The summed E-state index contributed by atoms with van der Waals surface area (Å²) < 4.78 is 21.4. The van der Waals surface area contributed by atoms with Crippen molar-refractivity contribution in [2.24, 2.45) is 34.5 Å². The Bertz CT molecular complexity index is 1370. The number of thiol groups is 1. The minimum absolute atomic E-state index is 0.0181. The first-order chi connectivity index (χ1) is 18.4. The van der Waals surface area contributed by atoms with Gasteiger partial charge < -0.3 is 9.84 Å². The summed E-state index contributed by atoms with van der Waals surface area (Å²) >= 11 is 4.26. The Morgan fingerprint density at radius 2 is 1.92 bits per heavy atom. The molecule has 2 aromatic rings. The van der Waals surface area contributed by atoms with Gasteiger partial charge in [0.25, 0.3) is 0 Å². The first kappa shape index (κ1) is 26.8. The van der Waals surface area contributed by atoms with Crippen molar-refractivity contribution >= 4 is 29.8 Å². The van der Waals surface area contributed by atoms with E-state index in [4.69, 9.17) is 4.74 Å². The second-order valence-corrected chi connectivity index (χ2v) is 13.4. The van der Waals surface area contributed by atoms with Crippen molar-refractivity contribution in [3.8, 4) is 5.69 Å². The van der Waals surface area contributed by atoms with E-state index < -0.39 is 28.2 Å². The third-order valence-corrected chi connectivity index (χ3v) is 11.1. The summed E-state index contributed by atoms with van der Waals surface area (Å²) in [4.78, 5) is 25.8. The molecule has 6 nitrogen and oxygen atoms in total. The Kier molecular flexibility index (Phi) is 6.20. The summed E-state index contributed by atoms with van der Waals surface area (Å²) in [6.07, 6.45) is 7.62. The largest absolute Gasteiger partial charge is 0.449 e. The topological polar surface area (TPSA) is 81.4 Å². The Labute approximate surface area is 234 Å². The Hall–Kier alpha value is -2.45. The summed E-state index contributed by atoms with van der Waals surface area (Å²) in [7, 11) is 0. The van der Waals surface area contributed by atoms with E-state index in [1.807, 2.05) is 17.8 Å². The maximum atomic E-state index is 13.5. The lowest BCUT2D eigenvalue weighted by molar-refractivity contribution is -0.198. The van der Waals surface area contributed by atoms with E-state index in [2.05, 4.69) is 30.7 Å². The van der Waals surface area contributed by atoms with E-state index in [-0.39, 0.29) is 34.9 Å². The van der Waals surface area contributed by atoms with Gasteiger partial charge >= 0.3 is 5.97 Å². The Morgan fingerprint density at radius 1 is 1.21 bits per heavy atom. The summed E-state index contributed by atoms with van der Waals surface area (Å²) in [6, 6.07) is 6.36. The van der Waals surface area contributed by atoms with E-state index in [0.717, 1.165) is 42.6 Å². The van der Waals surface area contributed by atoms with Gasteiger partial charge in [0.15, 0.2) is 5.60 Å². The number of nitrogens with zero attached hydrogens (tertiary/aromatic N) is 2. The van der Waals surface area contributed by atoms with Crippen LogP contribution in [0.15, 0.2) is 36.0 Å². The van der Waals surface area contributed by atoms with Gasteiger partial charge in [0.2, 0.25) is 5.12 Å². The van der Waals surface area contributed by atoms with Gasteiger partial charge in [0, 0.05) is 5.41 Å². The van der Waals surface area contributed by atoms with E-state index in [1.165, 1.54) is 17.7 Å². The van der Waals surface area contributed by atoms with Crippen LogP contribution in [0.2, 0.25) is 0 Å². The number of aromatic nitrogens is 2. The molecule has 3 saturated carbocycles. The van der Waals surface area contributed by atoms with Crippen LogP contribution in [0.1, 0.15) is 71.1 Å². The third kappa shape index (κ3) is 3.73. The van der Waals surface area contributed by atoms with Crippen LogP contribution < -0.4 is 0 Å². The normalized spacial score (nSPS) is 36.9. The third-order valence-electron chi connectivity index (χ3n) is 10.7. The number of allylic oxidation sites excluding steroid dienone is 1. The molecular weight excluding hydrogens is 515 g/mol. The number of hydrogen-bond donors (Lipinski definition) is 2. The van der Waals surface area contributed by atoms with Crippen LogP contribution in [0, 0.1) is 40.3 Å². The molecule has 1 heterocycles. The second kappa shape index (κ2) is 9.03. The summed E-state index contributed by atoms with van der Waals surface area (Å²) in [5.74, 6) is -0.673. The SMILES string of the molecule is CC(C)C(=O)O[C@]1(C(=O)S)CC[C@H]2[C@@H]3CCC4=Cc5c(cnn5-c5ccc(F)cc5)C[C@]4(C)[C@H]3[C@@H](O)C[C@@]21C. The zero-order valence-corrected chi connectivity index (χ0v) is 23.9. The van der Waals surface area contributed by atoms with Gasteiger partial charge in [-0.05, 0) is 97.6 Å². The molecule has 0 radical (unpaired) electrons. The van der Waals surface area contributed by atoms with E-state index in [1.54, 1.807) is 26.0 Å². The van der Waals surface area contributed by atoms with Crippen molar-refractivity contribution in [1.82, 2.24) is 9.78 Å². The molecular formula is C31H37FN2O4S.